The second-order valence-corrected chi connectivity index (χ2v) is 17.8. The molecule has 0 aromatic heterocycles. The first-order chi connectivity index (χ1) is 14.7. The molecule has 2 heterocycles. The van der Waals surface area contributed by atoms with Gasteiger partial charge in [-0.1, -0.05) is 0 Å². The summed E-state index contributed by atoms with van der Waals surface area (Å²) >= 11 is 0. The van der Waals surface area contributed by atoms with Gasteiger partial charge >= 0.3 is 12.7 Å². The van der Waals surface area contributed by atoms with Gasteiger partial charge in [0.05, 0.1) is 82.6 Å². The van der Waals surface area contributed by atoms with Crippen molar-refractivity contribution < 1.29 is 27.9 Å². The van der Waals surface area contributed by atoms with Crippen molar-refractivity contribution in [3.05, 3.63) is 61.9 Å². The first kappa shape index (κ1) is 57.1. The second kappa shape index (κ2) is 26.3. The monoisotopic (exact) mass is 567 g/mol. The van der Waals surface area contributed by atoms with E-state index in [0.29, 0.717) is 0 Å². The second-order valence-electron chi connectivity index (χ2n) is 12.4. The van der Waals surface area contributed by atoms with Crippen LogP contribution in [0.5, 0.6) is 0 Å². The minimum atomic E-state index is -0.389. The summed E-state index contributed by atoms with van der Waals surface area (Å²) in [5.74, 6) is 0. The predicted octanol–water partition coefficient (Wildman–Crippen LogP) is 3.29. The van der Waals surface area contributed by atoms with Gasteiger partial charge < -0.3 is 46.1 Å². The van der Waals surface area contributed by atoms with Crippen LogP contribution in [0.3, 0.4) is 0 Å². The smallest absolute Gasteiger partial charge is 0.335 e. The van der Waals surface area contributed by atoms with Gasteiger partial charge in [0.2, 0.25) is 12.4 Å². The fourth-order valence-corrected chi connectivity index (χ4v) is 1.85. The van der Waals surface area contributed by atoms with E-state index < -0.39 is 0 Å². The zero-order valence-electron chi connectivity index (χ0n) is 30.5. The van der Waals surface area contributed by atoms with E-state index in [1.54, 1.807) is 0 Å². The van der Waals surface area contributed by atoms with Gasteiger partial charge in [-0.3, -0.25) is 0 Å². The molecule has 0 aliphatic carbocycles. The maximum atomic E-state index is 3.03. The van der Waals surface area contributed by atoms with Crippen LogP contribution >= 0.6 is 7.26 Å². The van der Waals surface area contributed by atoms with E-state index in [-0.39, 0.29) is 44.4 Å². The molecule has 0 saturated carbocycles. The molecule has 236 valence electrons. The SMILES string of the molecule is CC[N+](C)(CC)CC.CC[N+]1(C)C=C[NH+]=C1.C[N+](C)(C)C.C[N+]1(C)C=C[NH+]=C1.C[P+](C)(C)C.[CH3-].[CH3-].[CH3-].[CH3-].[CH3-]. The Balaban J connectivity index is -0.0000000484. The summed E-state index contributed by atoms with van der Waals surface area (Å²) in [6, 6.07) is 0. The Morgan fingerprint density at radius 2 is 0.895 bits per heavy atom. The van der Waals surface area contributed by atoms with Gasteiger partial charge in [-0.15, -0.1) is 0 Å². The fourth-order valence-electron chi connectivity index (χ4n) is 1.85. The molecule has 0 amide bonds. The van der Waals surface area contributed by atoms with E-state index in [1.165, 1.54) is 24.1 Å². The summed E-state index contributed by atoms with van der Waals surface area (Å²) in [5, 5.41) is 0. The number of hydrogen-bond donors (Lipinski definition) is 2. The Hall–Kier alpha value is -0.910. The normalized spacial score (nSPS) is 17.3. The molecule has 0 saturated heterocycles. The molecule has 0 spiro atoms. The molecule has 1 atom stereocenters. The van der Waals surface area contributed by atoms with Gasteiger partial charge in [0.1, 0.15) is 0 Å². The molecule has 7 heteroatoms. The van der Waals surface area contributed by atoms with E-state index in [0.717, 1.165) is 20.0 Å². The third-order valence-corrected chi connectivity index (χ3v) is 4.81. The van der Waals surface area contributed by atoms with Crippen LogP contribution in [0.15, 0.2) is 24.8 Å². The van der Waals surface area contributed by atoms with E-state index in [4.69, 9.17) is 0 Å². The van der Waals surface area contributed by atoms with Crippen LogP contribution in [-0.4, -0.2) is 140 Å². The average Bonchev–Trinajstić information content (AvgIpc) is 3.28. The van der Waals surface area contributed by atoms with Crippen LogP contribution in [0.1, 0.15) is 27.7 Å². The number of quaternary nitrogens is 4. The first-order valence-electron chi connectivity index (χ1n) is 12.3. The summed E-state index contributed by atoms with van der Waals surface area (Å²) in [5.41, 5.74) is 0. The van der Waals surface area contributed by atoms with Crippen molar-refractivity contribution in [3.63, 3.8) is 0 Å². The molecule has 1 unspecified atom stereocenters. The largest absolute Gasteiger partial charge is 0.358 e. The first-order valence-corrected chi connectivity index (χ1v) is 15.9. The lowest BCUT2D eigenvalue weighted by Crippen LogP contribution is -2.62. The highest BCUT2D eigenvalue weighted by molar-refractivity contribution is 7.73. The molecule has 6 nitrogen and oxygen atoms in total. The molecule has 2 N–H and O–H groups in total. The van der Waals surface area contributed by atoms with Gasteiger partial charge in [-0.05, 0) is 27.7 Å². The minimum Gasteiger partial charge on any atom is -0.358 e. The van der Waals surface area contributed by atoms with Crippen LogP contribution in [0.4, 0.5) is 0 Å². The molecule has 2 rings (SSSR count). The Bertz CT molecular complexity index is 547. The summed E-state index contributed by atoms with van der Waals surface area (Å²) in [4.78, 5) is 6.01. The summed E-state index contributed by atoms with van der Waals surface area (Å²) in [7, 11) is 16.7. The molecule has 2 aliphatic heterocycles. The number of rotatable bonds is 4. The van der Waals surface area contributed by atoms with Crippen molar-refractivity contribution in [1.29, 1.82) is 0 Å². The lowest BCUT2D eigenvalue weighted by Gasteiger charge is -2.30. The van der Waals surface area contributed by atoms with Crippen molar-refractivity contribution >= 4 is 19.9 Å². The van der Waals surface area contributed by atoms with Gasteiger partial charge in [-0.2, -0.15) is 9.98 Å². The maximum absolute atomic E-state index is 3.03. The quantitative estimate of drug-likeness (QED) is 0.297. The van der Waals surface area contributed by atoms with Crippen LogP contribution < -0.4 is 9.98 Å². The number of nitrogens with zero attached hydrogens (tertiary/aromatic N) is 4. The molecule has 0 fully saturated rings. The third-order valence-electron chi connectivity index (χ3n) is 4.81. The lowest BCUT2D eigenvalue weighted by molar-refractivity contribution is -0.904. The van der Waals surface area contributed by atoms with E-state index in [9.17, 15) is 0 Å². The van der Waals surface area contributed by atoms with E-state index >= 15 is 0 Å². The van der Waals surface area contributed by atoms with Crippen molar-refractivity contribution in [3.8, 4) is 0 Å². The predicted molar refractivity (Wildman–Crippen MR) is 186 cm³/mol. The van der Waals surface area contributed by atoms with Crippen molar-refractivity contribution in [1.82, 2.24) is 0 Å². The number of nitrogens with one attached hydrogen (secondary N) is 2. The Morgan fingerprint density at radius 1 is 0.605 bits per heavy atom. The molecule has 0 aromatic rings. The molecular weight excluding hydrogens is 487 g/mol. The van der Waals surface area contributed by atoms with Crippen molar-refractivity contribution in [2.75, 3.05) is 109 Å². The molecule has 2 aliphatic rings. The maximum Gasteiger partial charge on any atom is 0.335 e. The van der Waals surface area contributed by atoms with Gasteiger partial charge in [0, 0.05) is 33.9 Å². The average molecular weight is 567 g/mol. The van der Waals surface area contributed by atoms with Crippen molar-refractivity contribution in [2.45, 2.75) is 27.7 Å². The highest BCUT2D eigenvalue weighted by atomic mass is 31.2. The minimum absolute atomic E-state index is 0. The topological polar surface area (TPSA) is 27.9 Å². The standard InChI is InChI=1S/C7H18N.C6H11N2.C5H9N2.C4H12N.C4H12P.5CH3/c1-5-8(4,6-2)7-3;1-3-8(2)5-4-7-6-8;1-7(2)4-3-6-5-7;2*1-5(2,3)4;;;;;/h5-7H2,1-4H3;4-6H,3H2,1-2H3;3-5H,1-2H3;2*1-4H3;5*1H3/q5*+1;5*-1/p+2. The van der Waals surface area contributed by atoms with E-state index in [2.05, 4.69) is 139 Å². The summed E-state index contributed by atoms with van der Waals surface area (Å²) in [6.07, 6.45) is 12.1. The Labute approximate surface area is 246 Å². The van der Waals surface area contributed by atoms with Gasteiger partial charge in [-0.25, -0.2) is 8.97 Å². The molecule has 0 bridgehead atoms. The fraction of sp³-hybridized carbons (Fsp3) is 0.645. The highest BCUT2D eigenvalue weighted by Gasteiger charge is 2.20. The molecule has 0 aromatic carbocycles. The molecule has 38 heavy (non-hydrogen) atoms. The van der Waals surface area contributed by atoms with Crippen LogP contribution in [-0.2, 0) is 0 Å². The highest BCUT2D eigenvalue weighted by Crippen LogP contribution is 2.40. The zero-order chi connectivity index (χ0) is 27.0. The Kier molecular flexibility index (Phi) is 39.5. The van der Waals surface area contributed by atoms with Crippen LogP contribution in [0.25, 0.3) is 0 Å². The lowest BCUT2D eigenvalue weighted by atomic mass is 10.4. The van der Waals surface area contributed by atoms with Gasteiger partial charge in [0.25, 0.3) is 0 Å². The van der Waals surface area contributed by atoms with Gasteiger partial charge in [0.15, 0.2) is 12.4 Å². The summed E-state index contributed by atoms with van der Waals surface area (Å²) in [6.45, 7) is 23.0. The van der Waals surface area contributed by atoms with E-state index in [1.807, 2.05) is 18.7 Å². The molecule has 0 radical (unpaired) electrons. The van der Waals surface area contributed by atoms with Crippen LogP contribution in [0, 0.1) is 37.1 Å². The Morgan fingerprint density at radius 3 is 0.974 bits per heavy atom. The number of hydrogen-bond acceptors (Lipinski definition) is 0. The molecular formula is C31H79N6P+2. The van der Waals surface area contributed by atoms with Crippen LogP contribution in [0.2, 0.25) is 0 Å². The summed E-state index contributed by atoms with van der Waals surface area (Å²) < 4.78 is 3.94. The van der Waals surface area contributed by atoms with Crippen molar-refractivity contribution in [2.24, 2.45) is 0 Å². The third kappa shape index (κ3) is 48.2. The zero-order valence-corrected chi connectivity index (χ0v) is 31.4.